The predicted molar refractivity (Wildman–Crippen MR) is 81.4 cm³/mol. The van der Waals surface area contributed by atoms with Crippen molar-refractivity contribution in [2.45, 2.75) is 10.4 Å². The predicted octanol–water partition coefficient (Wildman–Crippen LogP) is 2.78. The third kappa shape index (κ3) is 3.74. The van der Waals surface area contributed by atoms with Gasteiger partial charge in [0.05, 0.1) is 9.82 Å². The Hall–Kier alpha value is -3.15. The van der Waals surface area contributed by atoms with E-state index in [0.717, 1.165) is 6.07 Å². The Bertz CT molecular complexity index is 971. The number of ether oxygens (including phenoxy) is 1. The van der Waals surface area contributed by atoms with Gasteiger partial charge in [-0.05, 0) is 36.4 Å². The van der Waals surface area contributed by atoms with Crippen LogP contribution in [0.5, 0.6) is 11.5 Å². The van der Waals surface area contributed by atoms with E-state index in [4.69, 9.17) is 10.5 Å². The zero-order valence-electron chi connectivity index (χ0n) is 12.6. The van der Waals surface area contributed by atoms with Crippen LogP contribution >= 0.6 is 0 Å². The molecule has 0 unspecified atom stereocenters. The minimum absolute atomic E-state index is 0.0181. The molecule has 1 amide bonds. The van der Waals surface area contributed by atoms with Crippen molar-refractivity contribution in [1.82, 2.24) is 0 Å². The number of nitrogens with zero attached hydrogens (tertiary/aromatic N) is 1. The first kappa shape index (κ1) is 19.2. The zero-order valence-corrected chi connectivity index (χ0v) is 13.4. The Labute approximate surface area is 144 Å². The first-order valence-corrected chi connectivity index (χ1v) is 8.09. The lowest BCUT2D eigenvalue weighted by Crippen LogP contribution is -2.23. The fourth-order valence-corrected chi connectivity index (χ4v) is 2.62. The number of primary amides is 1. The number of rotatable bonds is 5. The molecule has 0 aromatic heterocycles. The van der Waals surface area contributed by atoms with Crippen molar-refractivity contribution in [1.29, 1.82) is 0 Å². The summed E-state index contributed by atoms with van der Waals surface area (Å²) in [6, 6.07) is 6.59. The van der Waals surface area contributed by atoms with Crippen molar-refractivity contribution >= 4 is 21.4 Å². The van der Waals surface area contributed by atoms with Gasteiger partial charge in [0.15, 0.2) is 0 Å². The van der Waals surface area contributed by atoms with Crippen LogP contribution in [0.3, 0.4) is 0 Å². The van der Waals surface area contributed by atoms with Gasteiger partial charge in [0.25, 0.3) is 9.84 Å². The molecule has 0 fully saturated rings. The Balaban J connectivity index is 2.44. The maximum absolute atomic E-state index is 12.6. The van der Waals surface area contributed by atoms with E-state index in [9.17, 15) is 36.5 Å². The smallest absolute Gasteiger partial charge is 0.450 e. The Morgan fingerprint density at radius 1 is 1.12 bits per heavy atom. The number of alkyl halides is 3. The van der Waals surface area contributed by atoms with Crippen molar-refractivity contribution < 1.29 is 36.0 Å². The molecule has 2 N–H and O–H groups in total. The van der Waals surface area contributed by atoms with Crippen molar-refractivity contribution in [3.63, 3.8) is 0 Å². The van der Waals surface area contributed by atoms with Crippen LogP contribution in [0.4, 0.5) is 18.9 Å². The number of nitro benzene ring substituents is 1. The molecule has 0 saturated heterocycles. The van der Waals surface area contributed by atoms with Gasteiger partial charge < -0.3 is 10.5 Å². The third-order valence-electron chi connectivity index (χ3n) is 3.11. The molecule has 2 aromatic rings. The fraction of sp³-hybridized carbons (Fsp3) is 0.0714. The summed E-state index contributed by atoms with van der Waals surface area (Å²) in [6.45, 7) is 0. The molecule has 0 saturated carbocycles. The summed E-state index contributed by atoms with van der Waals surface area (Å²) >= 11 is 0. The maximum Gasteiger partial charge on any atom is 0.501 e. The van der Waals surface area contributed by atoms with E-state index in [2.05, 4.69) is 0 Å². The summed E-state index contributed by atoms with van der Waals surface area (Å²) in [5, 5.41) is 11.1. The summed E-state index contributed by atoms with van der Waals surface area (Å²) in [4.78, 5) is 19.7. The van der Waals surface area contributed by atoms with Gasteiger partial charge in [0.2, 0.25) is 11.7 Å². The molecule has 2 rings (SSSR count). The molecule has 138 valence electrons. The molecular formula is C14H9F3N2O6S. The van der Waals surface area contributed by atoms with Crippen LogP contribution < -0.4 is 10.5 Å². The monoisotopic (exact) mass is 390 g/mol. The molecule has 0 radical (unpaired) electrons. The molecule has 0 aliphatic carbocycles. The molecule has 0 bridgehead atoms. The van der Waals surface area contributed by atoms with Crippen LogP contribution in [0.2, 0.25) is 0 Å². The van der Waals surface area contributed by atoms with E-state index in [-0.39, 0.29) is 17.4 Å². The molecule has 0 aliphatic rings. The first-order chi connectivity index (χ1) is 11.9. The lowest BCUT2D eigenvalue weighted by Gasteiger charge is -2.10. The minimum atomic E-state index is -5.75. The molecule has 0 heterocycles. The van der Waals surface area contributed by atoms with Gasteiger partial charge in [-0.1, -0.05) is 0 Å². The second-order valence-corrected chi connectivity index (χ2v) is 6.77. The quantitative estimate of drug-likeness (QED) is 0.617. The van der Waals surface area contributed by atoms with Gasteiger partial charge in [-0.25, -0.2) is 8.42 Å². The Kier molecular flexibility index (Phi) is 4.89. The van der Waals surface area contributed by atoms with Crippen LogP contribution in [0.25, 0.3) is 0 Å². The van der Waals surface area contributed by atoms with Crippen LogP contribution in [0.1, 0.15) is 10.4 Å². The van der Waals surface area contributed by atoms with Gasteiger partial charge >= 0.3 is 11.2 Å². The number of nitro groups is 1. The van der Waals surface area contributed by atoms with Crippen LogP contribution in [-0.4, -0.2) is 24.8 Å². The molecule has 26 heavy (non-hydrogen) atoms. The minimum Gasteiger partial charge on any atom is -0.450 e. The van der Waals surface area contributed by atoms with E-state index < -0.39 is 42.5 Å². The molecule has 0 aliphatic heterocycles. The number of benzene rings is 2. The fourth-order valence-electron chi connectivity index (χ4n) is 1.84. The second kappa shape index (κ2) is 6.63. The van der Waals surface area contributed by atoms with Crippen LogP contribution in [0.15, 0.2) is 47.4 Å². The van der Waals surface area contributed by atoms with Gasteiger partial charge in [0.1, 0.15) is 5.75 Å². The van der Waals surface area contributed by atoms with Crippen molar-refractivity contribution in [2.24, 2.45) is 5.73 Å². The summed E-state index contributed by atoms with van der Waals surface area (Å²) in [5.41, 5.74) is -1.39. The topological polar surface area (TPSA) is 130 Å². The maximum atomic E-state index is 12.6. The van der Waals surface area contributed by atoms with Crippen molar-refractivity contribution in [3.05, 3.63) is 58.1 Å². The number of carbonyl (C=O) groups excluding carboxylic acids is 1. The second-order valence-electron chi connectivity index (χ2n) is 4.83. The largest absolute Gasteiger partial charge is 0.501 e. The number of nitrogens with two attached hydrogens (primary N) is 1. The average molecular weight is 390 g/mol. The molecular weight excluding hydrogens is 381 g/mol. The molecule has 0 atom stereocenters. The number of amides is 1. The van der Waals surface area contributed by atoms with E-state index >= 15 is 0 Å². The SMILES string of the molecule is NC(=O)c1ccc(Oc2ccc(S(=O)(=O)C(F)(F)F)cc2[N+](=O)[O-])cc1. The lowest BCUT2D eigenvalue weighted by atomic mass is 10.2. The summed E-state index contributed by atoms with van der Waals surface area (Å²) in [7, 11) is -5.75. The van der Waals surface area contributed by atoms with E-state index in [1.54, 1.807) is 0 Å². The van der Waals surface area contributed by atoms with Gasteiger partial charge in [-0.2, -0.15) is 13.2 Å². The number of hydrogen-bond acceptors (Lipinski definition) is 6. The molecule has 0 spiro atoms. The lowest BCUT2D eigenvalue weighted by molar-refractivity contribution is -0.385. The van der Waals surface area contributed by atoms with Crippen molar-refractivity contribution in [3.8, 4) is 11.5 Å². The van der Waals surface area contributed by atoms with Crippen LogP contribution in [-0.2, 0) is 9.84 Å². The normalized spacial score (nSPS) is 11.8. The summed E-state index contributed by atoms with van der Waals surface area (Å²) in [6.07, 6.45) is 0. The highest BCUT2D eigenvalue weighted by Gasteiger charge is 2.47. The van der Waals surface area contributed by atoms with Crippen molar-refractivity contribution in [2.75, 3.05) is 0 Å². The van der Waals surface area contributed by atoms with Crippen LogP contribution in [0, 0.1) is 10.1 Å². The number of sulfone groups is 1. The van der Waals surface area contributed by atoms with E-state index in [1.807, 2.05) is 0 Å². The standard InChI is InChI=1S/C14H9F3N2O6S/c15-14(16,17)26(23,24)10-5-6-12(11(7-10)19(21)22)25-9-3-1-8(2-4-9)13(18)20/h1-7H,(H2,18,20). The molecule has 8 nitrogen and oxygen atoms in total. The number of halogens is 3. The highest BCUT2D eigenvalue weighted by Crippen LogP contribution is 2.37. The summed E-state index contributed by atoms with van der Waals surface area (Å²) in [5.74, 6) is -1.18. The van der Waals surface area contributed by atoms with Gasteiger partial charge in [-0.15, -0.1) is 0 Å². The Morgan fingerprint density at radius 2 is 1.69 bits per heavy atom. The highest BCUT2D eigenvalue weighted by atomic mass is 32.2. The zero-order chi connectivity index (χ0) is 19.7. The average Bonchev–Trinajstić information content (AvgIpc) is 2.54. The first-order valence-electron chi connectivity index (χ1n) is 6.61. The van der Waals surface area contributed by atoms with E-state index in [0.29, 0.717) is 6.07 Å². The number of carbonyl (C=O) groups is 1. The Morgan fingerprint density at radius 3 is 2.15 bits per heavy atom. The third-order valence-corrected chi connectivity index (χ3v) is 4.59. The van der Waals surface area contributed by atoms with Gasteiger partial charge in [-0.3, -0.25) is 14.9 Å². The van der Waals surface area contributed by atoms with E-state index in [1.165, 1.54) is 24.3 Å². The molecule has 2 aromatic carbocycles. The van der Waals surface area contributed by atoms with Gasteiger partial charge in [0, 0.05) is 11.6 Å². The molecule has 12 heteroatoms. The number of hydrogen-bond donors (Lipinski definition) is 1. The highest BCUT2D eigenvalue weighted by molar-refractivity contribution is 7.92. The summed E-state index contributed by atoms with van der Waals surface area (Å²) < 4.78 is 65.7.